The quantitative estimate of drug-likeness (QED) is 0.523. The Kier molecular flexibility index (Phi) is 7.39. The smallest absolute Gasteiger partial charge is 0.259 e. The van der Waals surface area contributed by atoms with Gasteiger partial charge in [0.2, 0.25) is 0 Å². The van der Waals surface area contributed by atoms with Gasteiger partial charge in [-0.25, -0.2) is 0 Å². The fraction of sp³-hybridized carbons (Fsp3) is 0.259. The molecular weight excluding hydrogens is 482 g/mol. The molecule has 6 nitrogen and oxygen atoms in total. The number of carbonyl (C=O) groups is 2. The van der Waals surface area contributed by atoms with Crippen molar-refractivity contribution in [3.8, 4) is 0 Å². The highest BCUT2D eigenvalue weighted by molar-refractivity contribution is 7.99. The summed E-state index contributed by atoms with van der Waals surface area (Å²) in [5.74, 6) is -0.269. The molecule has 0 aromatic heterocycles. The zero-order valence-electron chi connectivity index (χ0n) is 19.2. The maximum Gasteiger partial charge on any atom is 0.259 e. The van der Waals surface area contributed by atoms with Crippen LogP contribution in [0.3, 0.4) is 0 Å². The Labute approximate surface area is 214 Å². The van der Waals surface area contributed by atoms with Crippen molar-refractivity contribution in [2.24, 2.45) is 0 Å². The number of morpholine rings is 1. The standard InChI is InChI=1S/C27H26ClN3O3S/c28-22-7-3-1-5-20(22)18-31-23-17-19(26(32)29-11-12-30-13-15-34-16-14-30)9-10-25(23)35-24-8-4-2-6-21(24)27(31)33/h1-10,17H,11-16,18H2,(H,29,32). The molecule has 1 N–H and O–H groups in total. The molecule has 0 atom stereocenters. The Morgan fingerprint density at radius 3 is 2.60 bits per heavy atom. The van der Waals surface area contributed by atoms with Crippen LogP contribution in [0.1, 0.15) is 26.3 Å². The van der Waals surface area contributed by atoms with Gasteiger partial charge in [0, 0.05) is 46.6 Å². The maximum absolute atomic E-state index is 13.7. The van der Waals surface area contributed by atoms with Crippen molar-refractivity contribution in [3.05, 3.63) is 88.4 Å². The van der Waals surface area contributed by atoms with E-state index < -0.39 is 0 Å². The van der Waals surface area contributed by atoms with Gasteiger partial charge in [-0.3, -0.25) is 14.5 Å². The molecule has 0 unspecified atom stereocenters. The van der Waals surface area contributed by atoms with Crippen molar-refractivity contribution in [2.45, 2.75) is 16.3 Å². The highest BCUT2D eigenvalue weighted by Gasteiger charge is 2.28. The summed E-state index contributed by atoms with van der Waals surface area (Å²) in [5.41, 5.74) is 2.71. The Bertz CT molecular complexity index is 1250. The summed E-state index contributed by atoms with van der Waals surface area (Å²) in [6.07, 6.45) is 0. The number of anilines is 1. The second kappa shape index (κ2) is 10.8. The fourth-order valence-electron chi connectivity index (χ4n) is 4.27. The molecule has 2 heterocycles. The Morgan fingerprint density at radius 1 is 1.00 bits per heavy atom. The van der Waals surface area contributed by atoms with Crippen LogP contribution in [0.2, 0.25) is 5.02 Å². The van der Waals surface area contributed by atoms with Crippen LogP contribution in [0.5, 0.6) is 0 Å². The molecule has 0 bridgehead atoms. The molecule has 35 heavy (non-hydrogen) atoms. The first-order valence-corrected chi connectivity index (χ1v) is 12.8. The molecule has 5 rings (SSSR count). The SMILES string of the molecule is O=C(NCCN1CCOCC1)c1ccc2c(c1)N(Cc1ccccc1Cl)C(=O)c1ccccc1S2. The lowest BCUT2D eigenvalue weighted by molar-refractivity contribution is 0.0383. The van der Waals surface area contributed by atoms with E-state index in [9.17, 15) is 9.59 Å². The van der Waals surface area contributed by atoms with Crippen LogP contribution >= 0.6 is 23.4 Å². The zero-order chi connectivity index (χ0) is 24.2. The van der Waals surface area contributed by atoms with Gasteiger partial charge in [-0.15, -0.1) is 0 Å². The number of fused-ring (bicyclic) bond motifs is 2. The predicted octanol–water partition coefficient (Wildman–Crippen LogP) is 4.71. The molecule has 0 saturated carbocycles. The van der Waals surface area contributed by atoms with Crippen molar-refractivity contribution in [1.29, 1.82) is 0 Å². The van der Waals surface area contributed by atoms with Gasteiger partial charge in [-0.05, 0) is 42.0 Å². The summed E-state index contributed by atoms with van der Waals surface area (Å²) in [6.45, 7) is 4.86. The van der Waals surface area contributed by atoms with E-state index in [4.69, 9.17) is 16.3 Å². The Morgan fingerprint density at radius 2 is 1.77 bits per heavy atom. The van der Waals surface area contributed by atoms with E-state index in [1.165, 1.54) is 11.8 Å². The number of rotatable bonds is 6. The number of benzene rings is 3. The van der Waals surface area contributed by atoms with Crippen molar-refractivity contribution < 1.29 is 14.3 Å². The average molecular weight is 508 g/mol. The normalized spacial score (nSPS) is 15.8. The van der Waals surface area contributed by atoms with Crippen LogP contribution in [0, 0.1) is 0 Å². The number of nitrogens with one attached hydrogen (secondary N) is 1. The molecule has 180 valence electrons. The number of ether oxygens (including phenoxy) is 1. The van der Waals surface area contributed by atoms with E-state index >= 15 is 0 Å². The van der Waals surface area contributed by atoms with Gasteiger partial charge in [0.1, 0.15) is 0 Å². The third-order valence-electron chi connectivity index (χ3n) is 6.20. The minimum Gasteiger partial charge on any atom is -0.379 e. The third kappa shape index (κ3) is 5.38. The lowest BCUT2D eigenvalue weighted by atomic mass is 10.1. The van der Waals surface area contributed by atoms with Crippen LogP contribution < -0.4 is 10.2 Å². The third-order valence-corrected chi connectivity index (χ3v) is 7.71. The van der Waals surface area contributed by atoms with Crippen LogP contribution in [0.4, 0.5) is 5.69 Å². The largest absolute Gasteiger partial charge is 0.379 e. The summed E-state index contributed by atoms with van der Waals surface area (Å²) in [7, 11) is 0. The molecule has 1 fully saturated rings. The fourth-order valence-corrected chi connectivity index (χ4v) is 5.52. The molecule has 2 aliphatic rings. The summed E-state index contributed by atoms with van der Waals surface area (Å²) in [4.78, 5) is 32.5. The second-order valence-electron chi connectivity index (χ2n) is 8.47. The molecule has 0 aliphatic carbocycles. The van der Waals surface area contributed by atoms with E-state index in [0.29, 0.717) is 34.9 Å². The molecule has 3 aromatic rings. The minimum atomic E-state index is -0.155. The van der Waals surface area contributed by atoms with Gasteiger partial charge >= 0.3 is 0 Å². The Balaban J connectivity index is 1.42. The maximum atomic E-state index is 13.7. The number of halogens is 1. The van der Waals surface area contributed by atoms with Gasteiger partial charge in [0.15, 0.2) is 0 Å². The summed E-state index contributed by atoms with van der Waals surface area (Å²) < 4.78 is 5.38. The summed E-state index contributed by atoms with van der Waals surface area (Å²) in [6, 6.07) is 20.7. The van der Waals surface area contributed by atoms with E-state index in [2.05, 4.69) is 10.2 Å². The van der Waals surface area contributed by atoms with Crippen LogP contribution in [-0.4, -0.2) is 56.1 Å². The number of amides is 2. The molecule has 2 amide bonds. The van der Waals surface area contributed by atoms with Gasteiger partial charge in [-0.2, -0.15) is 0 Å². The van der Waals surface area contributed by atoms with Crippen molar-refractivity contribution in [1.82, 2.24) is 10.2 Å². The summed E-state index contributed by atoms with van der Waals surface area (Å²) >= 11 is 7.98. The number of hydrogen-bond donors (Lipinski definition) is 1. The first kappa shape index (κ1) is 23.9. The second-order valence-corrected chi connectivity index (χ2v) is 9.96. The molecule has 0 radical (unpaired) electrons. The minimum absolute atomic E-state index is 0.114. The molecule has 0 spiro atoms. The molecule has 2 aliphatic heterocycles. The monoisotopic (exact) mass is 507 g/mol. The number of carbonyl (C=O) groups excluding carboxylic acids is 2. The molecule has 1 saturated heterocycles. The summed E-state index contributed by atoms with van der Waals surface area (Å²) in [5, 5.41) is 3.62. The highest BCUT2D eigenvalue weighted by Crippen LogP contribution is 2.42. The number of nitrogens with zero attached hydrogens (tertiary/aromatic N) is 2. The Hall–Kier alpha value is -2.84. The van der Waals surface area contributed by atoms with E-state index in [-0.39, 0.29) is 11.8 Å². The molecule has 3 aromatic carbocycles. The van der Waals surface area contributed by atoms with Gasteiger partial charge in [0.25, 0.3) is 11.8 Å². The average Bonchev–Trinajstić information content (AvgIpc) is 3.00. The topological polar surface area (TPSA) is 61.9 Å². The van der Waals surface area contributed by atoms with Gasteiger partial charge in [0.05, 0.1) is 31.0 Å². The van der Waals surface area contributed by atoms with E-state index in [0.717, 1.165) is 48.2 Å². The lowest BCUT2D eigenvalue weighted by Gasteiger charge is -2.26. The van der Waals surface area contributed by atoms with Crippen LogP contribution in [0.15, 0.2) is 76.5 Å². The first-order valence-electron chi connectivity index (χ1n) is 11.6. The van der Waals surface area contributed by atoms with Crippen LogP contribution in [0.25, 0.3) is 0 Å². The predicted molar refractivity (Wildman–Crippen MR) is 139 cm³/mol. The molecular formula is C27H26ClN3O3S. The first-order chi connectivity index (χ1) is 17.1. The van der Waals surface area contributed by atoms with Crippen molar-refractivity contribution in [3.63, 3.8) is 0 Å². The highest BCUT2D eigenvalue weighted by atomic mass is 35.5. The van der Waals surface area contributed by atoms with Crippen molar-refractivity contribution in [2.75, 3.05) is 44.3 Å². The van der Waals surface area contributed by atoms with E-state index in [1.807, 2.05) is 66.7 Å². The van der Waals surface area contributed by atoms with Gasteiger partial charge < -0.3 is 15.0 Å². The van der Waals surface area contributed by atoms with Gasteiger partial charge in [-0.1, -0.05) is 53.7 Å². The lowest BCUT2D eigenvalue weighted by Crippen LogP contribution is -2.41. The zero-order valence-corrected chi connectivity index (χ0v) is 20.8. The molecule has 8 heteroatoms. The van der Waals surface area contributed by atoms with Crippen LogP contribution in [-0.2, 0) is 11.3 Å². The number of hydrogen-bond acceptors (Lipinski definition) is 5. The van der Waals surface area contributed by atoms with E-state index in [1.54, 1.807) is 4.90 Å². The van der Waals surface area contributed by atoms with Crippen molar-refractivity contribution >= 4 is 40.9 Å².